The van der Waals surface area contributed by atoms with E-state index in [1.807, 2.05) is 53.4 Å². The molecule has 28 heavy (non-hydrogen) atoms. The summed E-state index contributed by atoms with van der Waals surface area (Å²) in [4.78, 5) is 17.0. The van der Waals surface area contributed by atoms with Crippen LogP contribution in [0, 0.1) is 0 Å². The van der Waals surface area contributed by atoms with Gasteiger partial charge in [0.05, 0.1) is 14.2 Å². The molecule has 1 fully saturated rings. The fraction of sp³-hybridized carbons (Fsp3) is 0.409. The highest BCUT2D eigenvalue weighted by Gasteiger charge is 2.20. The van der Waals surface area contributed by atoms with Crippen LogP contribution in [0.1, 0.15) is 16.8 Å². The third kappa shape index (κ3) is 5.39. The van der Waals surface area contributed by atoms with Crippen LogP contribution < -0.4 is 14.2 Å². The number of ether oxygens (including phenoxy) is 3. The van der Waals surface area contributed by atoms with Gasteiger partial charge in [-0.25, -0.2) is 0 Å². The Labute approximate surface area is 166 Å². The summed E-state index contributed by atoms with van der Waals surface area (Å²) in [6.07, 6.45) is 0.963. The predicted molar refractivity (Wildman–Crippen MR) is 108 cm³/mol. The Kier molecular flexibility index (Phi) is 7.14. The number of benzene rings is 2. The van der Waals surface area contributed by atoms with Crippen LogP contribution in [0.3, 0.4) is 0 Å². The van der Waals surface area contributed by atoms with Gasteiger partial charge in [0.1, 0.15) is 23.9 Å². The van der Waals surface area contributed by atoms with E-state index < -0.39 is 0 Å². The minimum absolute atomic E-state index is 0.0824. The van der Waals surface area contributed by atoms with Crippen molar-refractivity contribution >= 4 is 5.91 Å². The predicted octanol–water partition coefficient (Wildman–Crippen LogP) is 2.93. The molecule has 6 nitrogen and oxygen atoms in total. The third-order valence-corrected chi connectivity index (χ3v) is 4.95. The van der Waals surface area contributed by atoms with Crippen molar-refractivity contribution in [3.8, 4) is 17.2 Å². The molecule has 0 aliphatic carbocycles. The molecule has 3 rings (SSSR count). The normalized spacial score (nSPS) is 15.0. The van der Waals surface area contributed by atoms with E-state index in [0.717, 1.165) is 56.4 Å². The van der Waals surface area contributed by atoms with E-state index in [4.69, 9.17) is 14.2 Å². The minimum atomic E-state index is 0.0824. The largest absolute Gasteiger partial charge is 0.497 e. The number of hydrogen-bond acceptors (Lipinski definition) is 5. The molecule has 2 aromatic carbocycles. The summed E-state index contributed by atoms with van der Waals surface area (Å²) in [5, 5.41) is 0. The second-order valence-corrected chi connectivity index (χ2v) is 6.74. The van der Waals surface area contributed by atoms with E-state index >= 15 is 0 Å². The first kappa shape index (κ1) is 20.0. The topological polar surface area (TPSA) is 51.2 Å². The summed E-state index contributed by atoms with van der Waals surface area (Å²) < 4.78 is 16.1. The molecule has 0 N–H and O–H groups in total. The second-order valence-electron chi connectivity index (χ2n) is 6.74. The fourth-order valence-corrected chi connectivity index (χ4v) is 3.28. The van der Waals surface area contributed by atoms with Gasteiger partial charge >= 0.3 is 0 Å². The zero-order chi connectivity index (χ0) is 19.8. The molecular weight excluding hydrogens is 356 g/mol. The van der Waals surface area contributed by atoms with E-state index in [-0.39, 0.29) is 5.91 Å². The number of methoxy groups -OCH3 is 2. The van der Waals surface area contributed by atoms with Gasteiger partial charge in [-0.1, -0.05) is 0 Å². The van der Waals surface area contributed by atoms with Crippen LogP contribution >= 0.6 is 0 Å². The molecule has 6 heteroatoms. The van der Waals surface area contributed by atoms with Crippen LogP contribution in [0.5, 0.6) is 17.2 Å². The molecule has 1 amide bonds. The number of nitrogens with zero attached hydrogens (tertiary/aromatic N) is 2. The van der Waals surface area contributed by atoms with Crippen LogP contribution in [0.25, 0.3) is 0 Å². The molecule has 0 radical (unpaired) electrons. The Balaban J connectivity index is 1.45. The summed E-state index contributed by atoms with van der Waals surface area (Å²) in [5.74, 6) is 2.50. The Hall–Kier alpha value is -2.73. The van der Waals surface area contributed by atoms with Crippen LogP contribution in [0.15, 0.2) is 48.5 Å². The van der Waals surface area contributed by atoms with Crippen LogP contribution in [0.4, 0.5) is 0 Å². The monoisotopic (exact) mass is 384 g/mol. The fourth-order valence-electron chi connectivity index (χ4n) is 3.28. The van der Waals surface area contributed by atoms with E-state index in [2.05, 4.69) is 4.90 Å². The number of carbonyl (C=O) groups excluding carboxylic acids is 1. The lowest BCUT2D eigenvalue weighted by Gasteiger charge is -2.22. The second kappa shape index (κ2) is 9.99. The smallest absolute Gasteiger partial charge is 0.253 e. The Morgan fingerprint density at radius 2 is 1.43 bits per heavy atom. The molecule has 1 aliphatic rings. The molecule has 2 aromatic rings. The molecule has 0 spiro atoms. The molecular formula is C22H28N2O4. The van der Waals surface area contributed by atoms with Crippen molar-refractivity contribution in [3.05, 3.63) is 54.1 Å². The molecule has 150 valence electrons. The highest BCUT2D eigenvalue weighted by atomic mass is 16.5. The SMILES string of the molecule is COc1ccc(OCCN2CCCN(C(=O)c3ccc(OC)cc3)CC2)cc1. The summed E-state index contributed by atoms with van der Waals surface area (Å²) in [6.45, 7) is 4.80. The first-order chi connectivity index (χ1) is 13.7. The third-order valence-electron chi connectivity index (χ3n) is 4.95. The van der Waals surface area contributed by atoms with Gasteiger partial charge in [-0.2, -0.15) is 0 Å². The molecule has 0 saturated carbocycles. The van der Waals surface area contributed by atoms with Gasteiger partial charge in [0.2, 0.25) is 0 Å². The highest BCUT2D eigenvalue weighted by Crippen LogP contribution is 2.17. The molecule has 0 atom stereocenters. The maximum atomic E-state index is 12.7. The first-order valence-corrected chi connectivity index (χ1v) is 9.62. The van der Waals surface area contributed by atoms with Crippen molar-refractivity contribution in [2.24, 2.45) is 0 Å². The maximum absolute atomic E-state index is 12.7. The average Bonchev–Trinajstić information content (AvgIpc) is 2.99. The van der Waals surface area contributed by atoms with E-state index in [1.54, 1.807) is 14.2 Å². The molecule has 1 saturated heterocycles. The van der Waals surface area contributed by atoms with Gasteiger partial charge in [0.25, 0.3) is 5.91 Å². The molecule has 1 heterocycles. The standard InChI is InChI=1S/C22H28N2O4/c1-26-19-6-4-18(5-7-19)22(25)24-13-3-12-23(14-15-24)16-17-28-21-10-8-20(27-2)9-11-21/h4-11H,3,12-17H2,1-2H3. The van der Waals surface area contributed by atoms with Gasteiger partial charge in [0, 0.05) is 38.3 Å². The van der Waals surface area contributed by atoms with Crippen LogP contribution in [-0.4, -0.2) is 69.3 Å². The summed E-state index contributed by atoms with van der Waals surface area (Å²) >= 11 is 0. The number of carbonyl (C=O) groups is 1. The van der Waals surface area contributed by atoms with Crippen LogP contribution in [0.2, 0.25) is 0 Å². The summed E-state index contributed by atoms with van der Waals surface area (Å²) in [7, 11) is 3.27. The number of hydrogen-bond donors (Lipinski definition) is 0. The average molecular weight is 384 g/mol. The lowest BCUT2D eigenvalue weighted by Crippen LogP contribution is -2.36. The molecule has 0 bridgehead atoms. The first-order valence-electron chi connectivity index (χ1n) is 9.62. The van der Waals surface area contributed by atoms with E-state index in [0.29, 0.717) is 12.2 Å². The zero-order valence-corrected chi connectivity index (χ0v) is 16.6. The molecule has 1 aliphatic heterocycles. The zero-order valence-electron chi connectivity index (χ0n) is 16.6. The van der Waals surface area contributed by atoms with Crippen molar-refractivity contribution in [2.75, 3.05) is 53.6 Å². The van der Waals surface area contributed by atoms with Gasteiger partial charge < -0.3 is 19.1 Å². The van der Waals surface area contributed by atoms with Crippen molar-refractivity contribution in [1.82, 2.24) is 9.80 Å². The van der Waals surface area contributed by atoms with Crippen LogP contribution in [-0.2, 0) is 0 Å². The Morgan fingerprint density at radius 1 is 0.821 bits per heavy atom. The van der Waals surface area contributed by atoms with Crippen molar-refractivity contribution < 1.29 is 19.0 Å². The van der Waals surface area contributed by atoms with Gasteiger partial charge in [-0.3, -0.25) is 9.69 Å². The number of amides is 1. The minimum Gasteiger partial charge on any atom is -0.497 e. The Bertz CT molecular complexity index is 746. The lowest BCUT2D eigenvalue weighted by atomic mass is 10.2. The molecule has 0 unspecified atom stereocenters. The van der Waals surface area contributed by atoms with Crippen molar-refractivity contribution in [1.29, 1.82) is 0 Å². The summed E-state index contributed by atoms with van der Waals surface area (Å²) in [5.41, 5.74) is 0.706. The van der Waals surface area contributed by atoms with Gasteiger partial charge in [0.15, 0.2) is 0 Å². The Morgan fingerprint density at radius 3 is 2.07 bits per heavy atom. The quantitative estimate of drug-likeness (QED) is 0.735. The van der Waals surface area contributed by atoms with Gasteiger partial charge in [-0.05, 0) is 55.0 Å². The molecule has 0 aromatic heterocycles. The maximum Gasteiger partial charge on any atom is 0.253 e. The summed E-state index contributed by atoms with van der Waals surface area (Å²) in [6, 6.07) is 14.9. The van der Waals surface area contributed by atoms with E-state index in [9.17, 15) is 4.79 Å². The number of rotatable bonds is 7. The van der Waals surface area contributed by atoms with E-state index in [1.165, 1.54) is 0 Å². The highest BCUT2D eigenvalue weighted by molar-refractivity contribution is 5.94. The lowest BCUT2D eigenvalue weighted by molar-refractivity contribution is 0.0760. The van der Waals surface area contributed by atoms with Crippen molar-refractivity contribution in [2.45, 2.75) is 6.42 Å². The van der Waals surface area contributed by atoms with Crippen molar-refractivity contribution in [3.63, 3.8) is 0 Å². The van der Waals surface area contributed by atoms with Gasteiger partial charge in [-0.15, -0.1) is 0 Å².